The molecule has 1 fully saturated rings. The third kappa shape index (κ3) is 4.37. The number of nitro benzene ring substituents is 1. The minimum absolute atomic E-state index is 0.0239. The van der Waals surface area contributed by atoms with Crippen LogP contribution in [0.1, 0.15) is 21.5 Å². The van der Waals surface area contributed by atoms with Crippen molar-refractivity contribution in [2.24, 2.45) is 0 Å². The lowest BCUT2D eigenvalue weighted by atomic mass is 10.0. The second-order valence-electron chi connectivity index (χ2n) is 7.68. The molecule has 0 radical (unpaired) electrons. The third-order valence-electron chi connectivity index (χ3n) is 5.52. The predicted molar refractivity (Wildman–Crippen MR) is 118 cm³/mol. The summed E-state index contributed by atoms with van der Waals surface area (Å²) >= 11 is 0. The number of aromatic nitrogens is 2. The number of rotatable bonds is 4. The van der Waals surface area contributed by atoms with Crippen LogP contribution in [-0.2, 0) is 0 Å². The zero-order valence-electron chi connectivity index (χ0n) is 17.5. The summed E-state index contributed by atoms with van der Waals surface area (Å²) in [5.74, 6) is 0.668. The summed E-state index contributed by atoms with van der Waals surface area (Å²) in [6.07, 6.45) is 0. The summed E-state index contributed by atoms with van der Waals surface area (Å²) in [4.78, 5) is 26.9. The van der Waals surface area contributed by atoms with Gasteiger partial charge in [-0.3, -0.25) is 14.9 Å². The first-order valence-electron chi connectivity index (χ1n) is 10.1. The fourth-order valence-electron chi connectivity index (χ4n) is 3.79. The van der Waals surface area contributed by atoms with Gasteiger partial charge in [-0.05, 0) is 43.7 Å². The maximum Gasteiger partial charge on any atom is 0.269 e. The van der Waals surface area contributed by atoms with Crippen LogP contribution < -0.4 is 4.90 Å². The minimum Gasteiger partial charge on any atom is -0.352 e. The number of nitrogens with zero attached hydrogens (tertiary/aromatic N) is 5. The summed E-state index contributed by atoms with van der Waals surface area (Å²) in [5, 5.41) is 19.6. The molecule has 3 aromatic rings. The highest BCUT2D eigenvalue weighted by atomic mass is 16.6. The SMILES string of the molecule is Cc1ccc(-c2ccc(N3CCN(C(=O)c4ccc([N+](=O)[O-])cc4)CC3)nn2)c(C)c1. The van der Waals surface area contributed by atoms with E-state index in [0.717, 1.165) is 17.1 Å². The molecule has 8 heteroatoms. The Hall–Kier alpha value is -3.81. The summed E-state index contributed by atoms with van der Waals surface area (Å²) < 4.78 is 0. The molecule has 0 aliphatic carbocycles. The number of non-ortho nitro benzene ring substituents is 1. The average Bonchev–Trinajstić information content (AvgIpc) is 2.79. The van der Waals surface area contributed by atoms with E-state index in [1.165, 1.54) is 35.4 Å². The molecule has 1 saturated heterocycles. The number of carbonyl (C=O) groups excluding carboxylic acids is 1. The van der Waals surface area contributed by atoms with Crippen molar-refractivity contribution < 1.29 is 9.72 Å². The van der Waals surface area contributed by atoms with Crippen LogP contribution in [0.3, 0.4) is 0 Å². The number of nitro groups is 1. The van der Waals surface area contributed by atoms with E-state index in [-0.39, 0.29) is 11.6 Å². The number of amides is 1. The largest absolute Gasteiger partial charge is 0.352 e. The monoisotopic (exact) mass is 417 g/mol. The van der Waals surface area contributed by atoms with E-state index in [0.29, 0.717) is 31.7 Å². The average molecular weight is 417 g/mol. The molecule has 1 aliphatic heterocycles. The van der Waals surface area contributed by atoms with E-state index in [9.17, 15) is 14.9 Å². The van der Waals surface area contributed by atoms with Crippen LogP contribution in [0.25, 0.3) is 11.3 Å². The molecule has 31 heavy (non-hydrogen) atoms. The molecule has 2 heterocycles. The van der Waals surface area contributed by atoms with Gasteiger partial charge in [0.25, 0.3) is 11.6 Å². The maximum atomic E-state index is 12.7. The molecule has 2 aromatic carbocycles. The Morgan fingerprint density at radius 2 is 1.65 bits per heavy atom. The van der Waals surface area contributed by atoms with Crippen molar-refractivity contribution in [1.82, 2.24) is 15.1 Å². The summed E-state index contributed by atoms with van der Waals surface area (Å²) in [5.41, 5.74) is 4.73. The van der Waals surface area contributed by atoms with Crippen LogP contribution in [0, 0.1) is 24.0 Å². The van der Waals surface area contributed by atoms with Crippen molar-refractivity contribution in [3.05, 3.63) is 81.4 Å². The standard InChI is InChI=1S/C23H23N5O3/c1-16-3-8-20(17(2)15-16)21-9-10-22(25-24-21)26-11-13-27(14-12-26)23(29)18-4-6-19(7-5-18)28(30)31/h3-10,15H,11-14H2,1-2H3. The first-order chi connectivity index (χ1) is 14.9. The molecule has 0 N–H and O–H groups in total. The highest BCUT2D eigenvalue weighted by molar-refractivity contribution is 5.94. The molecule has 1 aliphatic rings. The van der Waals surface area contributed by atoms with Gasteiger partial charge in [0.05, 0.1) is 10.6 Å². The van der Waals surface area contributed by atoms with Gasteiger partial charge in [0.1, 0.15) is 0 Å². The molecule has 4 rings (SSSR count). The smallest absolute Gasteiger partial charge is 0.269 e. The highest BCUT2D eigenvalue weighted by Gasteiger charge is 2.23. The molecule has 0 spiro atoms. The Morgan fingerprint density at radius 1 is 0.935 bits per heavy atom. The second-order valence-corrected chi connectivity index (χ2v) is 7.68. The molecule has 158 valence electrons. The molecular weight excluding hydrogens is 394 g/mol. The van der Waals surface area contributed by atoms with Gasteiger partial charge in [-0.2, -0.15) is 0 Å². The summed E-state index contributed by atoms with van der Waals surface area (Å²) in [6.45, 7) is 6.54. The number of aryl methyl sites for hydroxylation is 2. The number of hydrogen-bond acceptors (Lipinski definition) is 6. The summed E-state index contributed by atoms with van der Waals surface area (Å²) in [7, 11) is 0. The normalized spacial score (nSPS) is 13.9. The first kappa shape index (κ1) is 20.5. The topological polar surface area (TPSA) is 92.5 Å². The lowest BCUT2D eigenvalue weighted by molar-refractivity contribution is -0.384. The van der Waals surface area contributed by atoms with Crippen molar-refractivity contribution in [1.29, 1.82) is 0 Å². The first-order valence-corrected chi connectivity index (χ1v) is 10.1. The molecule has 0 atom stereocenters. The van der Waals surface area contributed by atoms with Crippen molar-refractivity contribution >= 4 is 17.4 Å². The third-order valence-corrected chi connectivity index (χ3v) is 5.52. The number of benzene rings is 2. The fraction of sp³-hybridized carbons (Fsp3) is 0.261. The molecule has 1 aromatic heterocycles. The molecule has 0 unspecified atom stereocenters. The Balaban J connectivity index is 1.39. The molecule has 8 nitrogen and oxygen atoms in total. The quantitative estimate of drug-likeness (QED) is 0.475. The van der Waals surface area contributed by atoms with Gasteiger partial charge in [0.2, 0.25) is 0 Å². The Bertz CT molecular complexity index is 1110. The number of hydrogen-bond donors (Lipinski definition) is 0. The van der Waals surface area contributed by atoms with E-state index in [1.54, 1.807) is 4.90 Å². The minimum atomic E-state index is -0.473. The van der Waals surface area contributed by atoms with Crippen molar-refractivity contribution in [2.45, 2.75) is 13.8 Å². The van der Waals surface area contributed by atoms with Crippen LogP contribution in [0.15, 0.2) is 54.6 Å². The zero-order chi connectivity index (χ0) is 22.0. The lowest BCUT2D eigenvalue weighted by Gasteiger charge is -2.35. The molecule has 0 saturated carbocycles. The van der Waals surface area contributed by atoms with Crippen LogP contribution in [0.5, 0.6) is 0 Å². The number of anilines is 1. The number of carbonyl (C=O) groups is 1. The van der Waals surface area contributed by atoms with Crippen LogP contribution >= 0.6 is 0 Å². The van der Waals surface area contributed by atoms with E-state index in [4.69, 9.17) is 0 Å². The van der Waals surface area contributed by atoms with Crippen LogP contribution in [0.4, 0.5) is 11.5 Å². The van der Waals surface area contributed by atoms with Gasteiger partial charge < -0.3 is 9.80 Å². The Morgan fingerprint density at radius 3 is 2.23 bits per heavy atom. The van der Waals surface area contributed by atoms with E-state index in [1.807, 2.05) is 12.1 Å². The highest BCUT2D eigenvalue weighted by Crippen LogP contribution is 2.24. The Labute approximate surface area is 180 Å². The molecular formula is C23H23N5O3. The van der Waals surface area contributed by atoms with Crippen molar-refractivity contribution in [3.8, 4) is 11.3 Å². The van der Waals surface area contributed by atoms with E-state index < -0.39 is 4.92 Å². The van der Waals surface area contributed by atoms with Gasteiger partial charge in [-0.15, -0.1) is 10.2 Å². The molecule has 0 bridgehead atoms. The fourth-order valence-corrected chi connectivity index (χ4v) is 3.79. The van der Waals surface area contributed by atoms with Crippen molar-refractivity contribution in [2.75, 3.05) is 31.1 Å². The van der Waals surface area contributed by atoms with Gasteiger partial charge >= 0.3 is 0 Å². The van der Waals surface area contributed by atoms with Crippen LogP contribution in [0.2, 0.25) is 0 Å². The van der Waals surface area contributed by atoms with Crippen LogP contribution in [-0.4, -0.2) is 52.1 Å². The predicted octanol–water partition coefficient (Wildman–Crippen LogP) is 3.63. The zero-order valence-corrected chi connectivity index (χ0v) is 17.5. The van der Waals surface area contributed by atoms with Gasteiger partial charge in [0.15, 0.2) is 5.82 Å². The van der Waals surface area contributed by atoms with E-state index in [2.05, 4.69) is 47.1 Å². The Kier molecular flexibility index (Phi) is 5.62. The lowest BCUT2D eigenvalue weighted by Crippen LogP contribution is -2.49. The van der Waals surface area contributed by atoms with E-state index >= 15 is 0 Å². The maximum absolute atomic E-state index is 12.7. The second kappa shape index (κ2) is 8.51. The van der Waals surface area contributed by atoms with Gasteiger partial charge in [-0.25, -0.2) is 0 Å². The van der Waals surface area contributed by atoms with Gasteiger partial charge in [0, 0.05) is 49.4 Å². The molecule has 1 amide bonds. The number of piperazine rings is 1. The summed E-state index contributed by atoms with van der Waals surface area (Å²) in [6, 6.07) is 15.9. The van der Waals surface area contributed by atoms with Crippen molar-refractivity contribution in [3.63, 3.8) is 0 Å². The van der Waals surface area contributed by atoms with Gasteiger partial charge in [-0.1, -0.05) is 23.8 Å².